The van der Waals surface area contributed by atoms with E-state index in [1.165, 1.54) is 12.1 Å². The number of nitrogens with two attached hydrogens (primary N) is 1. The van der Waals surface area contributed by atoms with Gasteiger partial charge in [0.2, 0.25) is 0 Å². The molecule has 0 atom stereocenters. The first-order valence-corrected chi connectivity index (χ1v) is 6.57. The lowest BCUT2D eigenvalue weighted by atomic mass is 10.0. The van der Waals surface area contributed by atoms with Crippen LogP contribution in [0.3, 0.4) is 0 Å². The van der Waals surface area contributed by atoms with E-state index in [0.717, 1.165) is 5.56 Å². The maximum atomic E-state index is 13.2. The molecule has 0 aliphatic carbocycles. The number of anilines is 1. The number of aromatic nitrogens is 2. The molecule has 3 rings (SSSR count). The first-order chi connectivity index (χ1) is 9.66. The molecule has 20 heavy (non-hydrogen) atoms. The number of benzene rings is 1. The molecule has 0 aliphatic heterocycles. The fraction of sp³-hybridized carbons (Fsp3) is 0. The minimum absolute atomic E-state index is 0.280. The van der Waals surface area contributed by atoms with Crippen LogP contribution in [-0.2, 0) is 0 Å². The molecule has 0 saturated heterocycles. The lowest BCUT2D eigenvalue weighted by Crippen LogP contribution is -1.89. The van der Waals surface area contributed by atoms with Crippen LogP contribution in [0.5, 0.6) is 0 Å². The van der Waals surface area contributed by atoms with Crippen LogP contribution < -0.4 is 5.73 Å². The van der Waals surface area contributed by atoms with E-state index in [0.29, 0.717) is 21.4 Å². The van der Waals surface area contributed by atoms with Crippen LogP contribution in [0.1, 0.15) is 0 Å². The zero-order valence-electron chi connectivity index (χ0n) is 10.2. The minimum Gasteiger partial charge on any atom is -0.380 e. The average molecular weight is 334 g/mol. The Balaban J connectivity index is 2.21. The van der Waals surface area contributed by atoms with Gasteiger partial charge < -0.3 is 10.3 Å². The summed E-state index contributed by atoms with van der Waals surface area (Å²) in [5.74, 6) is 0.432. The second kappa shape index (κ2) is 5.05. The number of nitrogens with zero attached hydrogens (tertiary/aromatic N) is 2. The molecule has 0 amide bonds. The number of pyridine rings is 1. The van der Waals surface area contributed by atoms with Crippen LogP contribution in [0, 0.1) is 5.82 Å². The Hall–Kier alpha value is -2.21. The van der Waals surface area contributed by atoms with Crippen LogP contribution in [-0.4, -0.2) is 10.1 Å². The monoisotopic (exact) mass is 333 g/mol. The van der Waals surface area contributed by atoms with E-state index < -0.39 is 0 Å². The quantitative estimate of drug-likeness (QED) is 0.772. The normalized spacial score (nSPS) is 10.7. The Morgan fingerprint density at radius 1 is 1.15 bits per heavy atom. The van der Waals surface area contributed by atoms with Crippen molar-refractivity contribution in [3.05, 3.63) is 53.0 Å². The van der Waals surface area contributed by atoms with Gasteiger partial charge in [0.15, 0.2) is 11.6 Å². The second-order valence-corrected chi connectivity index (χ2v) is 4.99. The number of halogens is 2. The van der Waals surface area contributed by atoms with Crippen LogP contribution in [0.2, 0.25) is 0 Å². The molecule has 0 fully saturated rings. The lowest BCUT2D eigenvalue weighted by Gasteiger charge is -2.04. The van der Waals surface area contributed by atoms with Crippen LogP contribution in [0.4, 0.5) is 10.2 Å². The summed E-state index contributed by atoms with van der Waals surface area (Å²) in [6.45, 7) is 0. The molecule has 1 aromatic carbocycles. The Bertz CT molecular complexity index is 758. The van der Waals surface area contributed by atoms with E-state index in [1.54, 1.807) is 18.5 Å². The fourth-order valence-corrected chi connectivity index (χ4v) is 2.49. The Morgan fingerprint density at radius 2 is 1.90 bits per heavy atom. The zero-order chi connectivity index (χ0) is 14.1. The third-order valence-electron chi connectivity index (χ3n) is 2.86. The molecule has 0 spiro atoms. The highest BCUT2D eigenvalue weighted by molar-refractivity contribution is 9.10. The zero-order valence-corrected chi connectivity index (χ0v) is 11.8. The summed E-state index contributed by atoms with van der Waals surface area (Å²) >= 11 is 3.32. The van der Waals surface area contributed by atoms with Crippen molar-refractivity contribution >= 4 is 21.7 Å². The molecular weight excluding hydrogens is 325 g/mol. The SMILES string of the molecule is Nc1noc(-c2ccc(F)cc2Br)c1-c1ccncc1. The number of rotatable bonds is 2. The van der Waals surface area contributed by atoms with Crippen molar-refractivity contribution in [2.24, 2.45) is 0 Å². The van der Waals surface area contributed by atoms with Gasteiger partial charge in [0.25, 0.3) is 0 Å². The van der Waals surface area contributed by atoms with Crippen LogP contribution in [0.25, 0.3) is 22.5 Å². The van der Waals surface area contributed by atoms with Crippen molar-refractivity contribution in [3.8, 4) is 22.5 Å². The Morgan fingerprint density at radius 3 is 2.60 bits per heavy atom. The van der Waals surface area contributed by atoms with Crippen molar-refractivity contribution in [3.63, 3.8) is 0 Å². The van der Waals surface area contributed by atoms with Gasteiger partial charge in [0, 0.05) is 22.4 Å². The van der Waals surface area contributed by atoms with Gasteiger partial charge in [-0.2, -0.15) is 0 Å². The van der Waals surface area contributed by atoms with Crippen molar-refractivity contribution in [1.29, 1.82) is 0 Å². The number of hydrogen-bond donors (Lipinski definition) is 1. The minimum atomic E-state index is -0.335. The van der Waals surface area contributed by atoms with E-state index in [-0.39, 0.29) is 11.6 Å². The summed E-state index contributed by atoms with van der Waals surface area (Å²) in [6.07, 6.45) is 3.32. The van der Waals surface area contributed by atoms with E-state index in [2.05, 4.69) is 26.1 Å². The third kappa shape index (κ3) is 2.18. The molecule has 100 valence electrons. The van der Waals surface area contributed by atoms with Gasteiger partial charge in [-0.05, 0) is 51.8 Å². The van der Waals surface area contributed by atoms with Gasteiger partial charge in [-0.1, -0.05) is 5.16 Å². The van der Waals surface area contributed by atoms with E-state index in [1.807, 2.05) is 12.1 Å². The summed E-state index contributed by atoms with van der Waals surface area (Å²) in [6, 6.07) is 7.96. The van der Waals surface area contributed by atoms with Gasteiger partial charge in [0.05, 0.1) is 5.56 Å². The molecule has 0 saturated carbocycles. The highest BCUT2D eigenvalue weighted by Gasteiger charge is 2.19. The van der Waals surface area contributed by atoms with Crippen molar-refractivity contribution < 1.29 is 8.91 Å². The van der Waals surface area contributed by atoms with Gasteiger partial charge in [-0.25, -0.2) is 4.39 Å². The Labute approximate surface area is 122 Å². The van der Waals surface area contributed by atoms with Crippen molar-refractivity contribution in [1.82, 2.24) is 10.1 Å². The van der Waals surface area contributed by atoms with Crippen molar-refractivity contribution in [2.75, 3.05) is 5.73 Å². The second-order valence-electron chi connectivity index (χ2n) is 4.13. The van der Waals surface area contributed by atoms with Crippen molar-refractivity contribution in [2.45, 2.75) is 0 Å². The summed E-state index contributed by atoms with van der Waals surface area (Å²) in [4.78, 5) is 3.97. The Kier molecular flexibility index (Phi) is 3.23. The number of nitrogen functional groups attached to an aromatic ring is 1. The molecule has 0 radical (unpaired) electrons. The summed E-state index contributed by atoms with van der Waals surface area (Å²) in [5, 5.41) is 3.80. The molecule has 4 nitrogen and oxygen atoms in total. The molecule has 0 unspecified atom stereocenters. The predicted molar refractivity (Wildman–Crippen MR) is 77.2 cm³/mol. The summed E-state index contributed by atoms with van der Waals surface area (Å²) < 4.78 is 19.1. The maximum Gasteiger partial charge on any atom is 0.178 e. The third-order valence-corrected chi connectivity index (χ3v) is 3.52. The van der Waals surface area contributed by atoms with E-state index in [9.17, 15) is 4.39 Å². The largest absolute Gasteiger partial charge is 0.380 e. The molecular formula is C14H9BrFN3O. The van der Waals surface area contributed by atoms with E-state index >= 15 is 0 Å². The smallest absolute Gasteiger partial charge is 0.178 e. The molecule has 2 heterocycles. The van der Waals surface area contributed by atoms with Crippen LogP contribution >= 0.6 is 15.9 Å². The summed E-state index contributed by atoms with van der Waals surface area (Å²) in [7, 11) is 0. The molecule has 6 heteroatoms. The van der Waals surface area contributed by atoms with Gasteiger partial charge in [-0.3, -0.25) is 4.98 Å². The van der Waals surface area contributed by atoms with Gasteiger partial charge >= 0.3 is 0 Å². The van der Waals surface area contributed by atoms with Crippen LogP contribution in [0.15, 0.2) is 51.7 Å². The topological polar surface area (TPSA) is 64.9 Å². The highest BCUT2D eigenvalue weighted by Crippen LogP contribution is 2.39. The first-order valence-electron chi connectivity index (χ1n) is 5.78. The highest BCUT2D eigenvalue weighted by atomic mass is 79.9. The predicted octanol–water partition coefficient (Wildman–Crippen LogP) is 3.89. The standard InChI is InChI=1S/C14H9BrFN3O/c15-11-7-9(16)1-2-10(11)13-12(14(17)19-20-13)8-3-5-18-6-4-8/h1-7H,(H2,17,19). The molecule has 0 bridgehead atoms. The number of hydrogen-bond acceptors (Lipinski definition) is 4. The molecule has 2 N–H and O–H groups in total. The average Bonchev–Trinajstić information content (AvgIpc) is 2.81. The maximum absolute atomic E-state index is 13.2. The fourth-order valence-electron chi connectivity index (χ4n) is 1.96. The lowest BCUT2D eigenvalue weighted by molar-refractivity contribution is 0.436. The van der Waals surface area contributed by atoms with Gasteiger partial charge in [0.1, 0.15) is 5.82 Å². The molecule has 0 aliphatic rings. The molecule has 3 aromatic rings. The molecule has 2 aromatic heterocycles. The summed E-state index contributed by atoms with van der Waals surface area (Å²) in [5.41, 5.74) is 8.06. The first kappa shape index (κ1) is 12.8. The van der Waals surface area contributed by atoms with Gasteiger partial charge in [-0.15, -0.1) is 0 Å². The van der Waals surface area contributed by atoms with E-state index in [4.69, 9.17) is 10.3 Å².